The Labute approximate surface area is 147 Å². The monoisotopic (exact) mass is 332 g/mol. The van der Waals surface area contributed by atoms with E-state index in [4.69, 9.17) is 0 Å². The standard InChI is InChI=1S/C20H20N4O/c1-14-3-5-16(6-4-14)13-22-19-11-12-21-20(24-19)23-18-9-7-17(8-10-18)15(2)25/h3-12H,13H2,1-2H3,(H2,21,22,23,24). The van der Waals surface area contributed by atoms with Crippen LogP contribution in [0.4, 0.5) is 17.5 Å². The first kappa shape index (κ1) is 16.6. The summed E-state index contributed by atoms with van der Waals surface area (Å²) in [5.41, 5.74) is 3.95. The molecule has 2 aromatic carbocycles. The molecular formula is C20H20N4O. The van der Waals surface area contributed by atoms with Crippen molar-refractivity contribution in [2.24, 2.45) is 0 Å². The maximum atomic E-state index is 11.3. The number of nitrogens with zero attached hydrogens (tertiary/aromatic N) is 2. The molecule has 5 heteroatoms. The summed E-state index contributed by atoms with van der Waals surface area (Å²) in [6.45, 7) is 4.32. The lowest BCUT2D eigenvalue weighted by Gasteiger charge is -2.09. The summed E-state index contributed by atoms with van der Waals surface area (Å²) in [6, 6.07) is 17.5. The van der Waals surface area contributed by atoms with Gasteiger partial charge in [-0.05, 0) is 49.7 Å². The maximum Gasteiger partial charge on any atom is 0.229 e. The lowest BCUT2D eigenvalue weighted by atomic mass is 10.1. The second kappa shape index (κ2) is 7.57. The van der Waals surface area contributed by atoms with Crippen LogP contribution >= 0.6 is 0 Å². The van der Waals surface area contributed by atoms with E-state index >= 15 is 0 Å². The number of benzene rings is 2. The number of carbonyl (C=O) groups is 1. The average molecular weight is 332 g/mol. The molecule has 0 spiro atoms. The maximum absolute atomic E-state index is 11.3. The number of Topliss-reactive ketones (excluding diaryl/α,β-unsaturated/α-hetero) is 1. The third-order valence-corrected chi connectivity index (χ3v) is 3.80. The molecule has 3 aromatic rings. The molecule has 2 N–H and O–H groups in total. The van der Waals surface area contributed by atoms with Gasteiger partial charge in [0.1, 0.15) is 5.82 Å². The third-order valence-electron chi connectivity index (χ3n) is 3.80. The van der Waals surface area contributed by atoms with E-state index in [9.17, 15) is 4.79 Å². The lowest BCUT2D eigenvalue weighted by molar-refractivity contribution is 0.101. The van der Waals surface area contributed by atoms with Gasteiger partial charge in [0.05, 0.1) is 0 Å². The Morgan fingerprint density at radius 2 is 1.72 bits per heavy atom. The highest BCUT2D eigenvalue weighted by molar-refractivity contribution is 5.94. The molecule has 0 bridgehead atoms. The summed E-state index contributed by atoms with van der Waals surface area (Å²) in [6.07, 6.45) is 1.71. The molecule has 0 saturated carbocycles. The number of carbonyl (C=O) groups excluding carboxylic acids is 1. The molecule has 0 aliphatic carbocycles. The van der Waals surface area contributed by atoms with Gasteiger partial charge in [0.2, 0.25) is 5.95 Å². The molecule has 0 radical (unpaired) electrons. The van der Waals surface area contributed by atoms with Crippen molar-refractivity contribution in [2.75, 3.05) is 10.6 Å². The first-order valence-corrected chi connectivity index (χ1v) is 8.10. The summed E-state index contributed by atoms with van der Waals surface area (Å²) >= 11 is 0. The van der Waals surface area contributed by atoms with Gasteiger partial charge in [-0.1, -0.05) is 29.8 Å². The molecule has 25 heavy (non-hydrogen) atoms. The molecule has 0 amide bonds. The van der Waals surface area contributed by atoms with E-state index in [0.717, 1.165) is 11.5 Å². The van der Waals surface area contributed by atoms with E-state index in [1.165, 1.54) is 11.1 Å². The second-order valence-corrected chi connectivity index (χ2v) is 5.86. The topological polar surface area (TPSA) is 66.9 Å². The Balaban J connectivity index is 1.64. The minimum Gasteiger partial charge on any atom is -0.366 e. The van der Waals surface area contributed by atoms with Gasteiger partial charge in [-0.15, -0.1) is 0 Å². The lowest BCUT2D eigenvalue weighted by Crippen LogP contribution is -2.04. The van der Waals surface area contributed by atoms with Gasteiger partial charge in [-0.3, -0.25) is 4.79 Å². The van der Waals surface area contributed by atoms with Crippen molar-refractivity contribution < 1.29 is 4.79 Å². The van der Waals surface area contributed by atoms with Gasteiger partial charge in [0.25, 0.3) is 0 Å². The zero-order chi connectivity index (χ0) is 17.6. The fourth-order valence-corrected chi connectivity index (χ4v) is 2.33. The molecule has 1 aromatic heterocycles. The minimum absolute atomic E-state index is 0.0464. The number of rotatable bonds is 6. The normalized spacial score (nSPS) is 10.3. The van der Waals surface area contributed by atoms with Gasteiger partial charge in [0, 0.05) is 24.0 Å². The van der Waals surface area contributed by atoms with Gasteiger partial charge in [-0.2, -0.15) is 4.98 Å². The van der Waals surface area contributed by atoms with Crippen LogP contribution in [0.1, 0.15) is 28.4 Å². The summed E-state index contributed by atoms with van der Waals surface area (Å²) in [4.78, 5) is 20.0. The summed E-state index contributed by atoms with van der Waals surface area (Å²) in [5.74, 6) is 1.30. The van der Waals surface area contributed by atoms with Crippen molar-refractivity contribution in [3.8, 4) is 0 Å². The molecule has 0 aliphatic rings. The highest BCUT2D eigenvalue weighted by Crippen LogP contribution is 2.16. The highest BCUT2D eigenvalue weighted by Gasteiger charge is 2.02. The van der Waals surface area contributed by atoms with Crippen LogP contribution in [0.15, 0.2) is 60.8 Å². The van der Waals surface area contributed by atoms with Crippen molar-refractivity contribution in [3.05, 3.63) is 77.5 Å². The number of nitrogens with one attached hydrogen (secondary N) is 2. The molecule has 0 fully saturated rings. The summed E-state index contributed by atoms with van der Waals surface area (Å²) < 4.78 is 0. The van der Waals surface area contributed by atoms with E-state index < -0.39 is 0 Å². The van der Waals surface area contributed by atoms with Crippen LogP contribution in [0, 0.1) is 6.92 Å². The Morgan fingerprint density at radius 1 is 1.00 bits per heavy atom. The molecule has 0 aliphatic heterocycles. The van der Waals surface area contributed by atoms with Crippen LogP contribution in [0.5, 0.6) is 0 Å². The van der Waals surface area contributed by atoms with Crippen LogP contribution in [0.25, 0.3) is 0 Å². The minimum atomic E-state index is 0.0464. The molecule has 5 nitrogen and oxygen atoms in total. The van der Waals surface area contributed by atoms with Crippen molar-refractivity contribution in [3.63, 3.8) is 0 Å². The number of hydrogen-bond acceptors (Lipinski definition) is 5. The highest BCUT2D eigenvalue weighted by atomic mass is 16.1. The van der Waals surface area contributed by atoms with Crippen LogP contribution in [-0.4, -0.2) is 15.8 Å². The molecule has 0 saturated heterocycles. The number of hydrogen-bond donors (Lipinski definition) is 2. The first-order valence-electron chi connectivity index (χ1n) is 8.10. The second-order valence-electron chi connectivity index (χ2n) is 5.86. The van der Waals surface area contributed by atoms with Crippen LogP contribution < -0.4 is 10.6 Å². The molecule has 1 heterocycles. The SMILES string of the molecule is CC(=O)c1ccc(Nc2nccc(NCc3ccc(C)cc3)n2)cc1. The van der Waals surface area contributed by atoms with Crippen LogP contribution in [0.3, 0.4) is 0 Å². The zero-order valence-electron chi connectivity index (χ0n) is 14.3. The number of aryl methyl sites for hydroxylation is 1. The Morgan fingerprint density at radius 3 is 2.40 bits per heavy atom. The van der Waals surface area contributed by atoms with E-state index in [0.29, 0.717) is 18.1 Å². The third kappa shape index (κ3) is 4.64. The quantitative estimate of drug-likeness (QED) is 0.657. The number of anilines is 3. The van der Waals surface area contributed by atoms with Crippen molar-refractivity contribution in [1.29, 1.82) is 0 Å². The van der Waals surface area contributed by atoms with E-state index in [2.05, 4.69) is 51.8 Å². The molecule has 126 valence electrons. The zero-order valence-corrected chi connectivity index (χ0v) is 14.3. The van der Waals surface area contributed by atoms with E-state index in [-0.39, 0.29) is 5.78 Å². The predicted molar refractivity (Wildman–Crippen MR) is 100 cm³/mol. The Hall–Kier alpha value is -3.21. The molecule has 0 atom stereocenters. The van der Waals surface area contributed by atoms with E-state index in [1.54, 1.807) is 25.3 Å². The molecule has 3 rings (SSSR count). The van der Waals surface area contributed by atoms with Crippen LogP contribution in [-0.2, 0) is 6.54 Å². The predicted octanol–water partition coefficient (Wildman–Crippen LogP) is 4.34. The van der Waals surface area contributed by atoms with Crippen molar-refractivity contribution in [1.82, 2.24) is 9.97 Å². The van der Waals surface area contributed by atoms with Gasteiger partial charge in [0.15, 0.2) is 5.78 Å². The van der Waals surface area contributed by atoms with E-state index in [1.807, 2.05) is 18.2 Å². The fraction of sp³-hybridized carbons (Fsp3) is 0.150. The summed E-state index contributed by atoms with van der Waals surface area (Å²) in [7, 11) is 0. The average Bonchev–Trinajstić information content (AvgIpc) is 2.62. The van der Waals surface area contributed by atoms with Gasteiger partial charge >= 0.3 is 0 Å². The Bertz CT molecular complexity index is 858. The Kier molecular flexibility index (Phi) is 5.04. The van der Waals surface area contributed by atoms with Crippen molar-refractivity contribution >= 4 is 23.2 Å². The number of ketones is 1. The number of aromatic nitrogens is 2. The van der Waals surface area contributed by atoms with Crippen LogP contribution in [0.2, 0.25) is 0 Å². The van der Waals surface area contributed by atoms with Gasteiger partial charge in [-0.25, -0.2) is 4.98 Å². The fourth-order valence-electron chi connectivity index (χ4n) is 2.33. The smallest absolute Gasteiger partial charge is 0.229 e. The largest absolute Gasteiger partial charge is 0.366 e. The van der Waals surface area contributed by atoms with Gasteiger partial charge < -0.3 is 10.6 Å². The molecular weight excluding hydrogens is 312 g/mol. The first-order chi connectivity index (χ1) is 12.1. The molecule has 0 unspecified atom stereocenters. The van der Waals surface area contributed by atoms with Crippen molar-refractivity contribution in [2.45, 2.75) is 20.4 Å². The summed E-state index contributed by atoms with van der Waals surface area (Å²) in [5, 5.41) is 6.44.